The fraction of sp³-hybridized carbons (Fsp3) is 0.731. The van der Waals surface area contributed by atoms with Crippen LogP contribution in [0.15, 0.2) is 30.3 Å². The number of hydrogen-bond acceptors (Lipinski definition) is 2. The van der Waals surface area contributed by atoms with Crippen molar-refractivity contribution in [3.63, 3.8) is 0 Å². The van der Waals surface area contributed by atoms with E-state index in [0.717, 1.165) is 30.1 Å². The molecule has 0 aromatic heterocycles. The van der Waals surface area contributed by atoms with Gasteiger partial charge in [-0.05, 0) is 92.6 Å². The van der Waals surface area contributed by atoms with Crippen LogP contribution in [-0.2, 0) is 4.74 Å². The zero-order chi connectivity index (χ0) is 19.4. The zero-order valence-corrected chi connectivity index (χ0v) is 17.7. The largest absolute Gasteiger partial charge is 0.458 e. The Balaban J connectivity index is 1.35. The van der Waals surface area contributed by atoms with Crippen molar-refractivity contribution in [2.24, 2.45) is 34.5 Å². The third-order valence-electron chi connectivity index (χ3n) is 9.76. The minimum Gasteiger partial charge on any atom is -0.458 e. The minimum absolute atomic E-state index is 0.100. The zero-order valence-electron chi connectivity index (χ0n) is 17.7. The summed E-state index contributed by atoms with van der Waals surface area (Å²) in [6, 6.07) is 9.54. The lowest BCUT2D eigenvalue weighted by molar-refractivity contribution is -0.122. The number of hydrogen-bond donors (Lipinski definition) is 0. The lowest BCUT2D eigenvalue weighted by atomic mass is 9.45. The molecule has 2 nitrogen and oxygen atoms in total. The molecule has 152 valence electrons. The Morgan fingerprint density at radius 2 is 1.64 bits per heavy atom. The number of benzene rings is 1. The van der Waals surface area contributed by atoms with Gasteiger partial charge in [0.05, 0.1) is 5.56 Å². The molecule has 0 unspecified atom stereocenters. The number of carbonyl (C=O) groups excluding carboxylic acids is 1. The van der Waals surface area contributed by atoms with Crippen molar-refractivity contribution in [3.05, 3.63) is 35.9 Å². The molecular formula is C26H36O2. The van der Waals surface area contributed by atoms with Crippen molar-refractivity contribution in [2.45, 2.75) is 84.2 Å². The quantitative estimate of drug-likeness (QED) is 0.537. The first-order valence-electron chi connectivity index (χ1n) is 11.8. The molecule has 0 amide bonds. The van der Waals surface area contributed by atoms with Gasteiger partial charge in [0, 0.05) is 5.41 Å². The molecular weight excluding hydrogens is 344 g/mol. The van der Waals surface area contributed by atoms with Crippen LogP contribution >= 0.6 is 0 Å². The van der Waals surface area contributed by atoms with Crippen LogP contribution in [0.5, 0.6) is 0 Å². The summed E-state index contributed by atoms with van der Waals surface area (Å²) in [4.78, 5) is 12.7. The summed E-state index contributed by atoms with van der Waals surface area (Å²) in [6.45, 7) is 5.08. The summed E-state index contributed by atoms with van der Waals surface area (Å²) in [5.41, 5.74) is 1.46. The Hall–Kier alpha value is -1.31. The number of rotatable bonds is 2. The van der Waals surface area contributed by atoms with Crippen LogP contribution in [0.4, 0.5) is 0 Å². The highest BCUT2D eigenvalue weighted by molar-refractivity contribution is 5.89. The average molecular weight is 381 g/mol. The molecule has 0 saturated heterocycles. The molecule has 0 aliphatic heterocycles. The second-order valence-corrected chi connectivity index (χ2v) is 10.8. The summed E-state index contributed by atoms with van der Waals surface area (Å²) in [6.07, 6.45) is 13.7. The van der Waals surface area contributed by atoms with Gasteiger partial charge in [0.25, 0.3) is 0 Å². The minimum atomic E-state index is -0.127. The van der Waals surface area contributed by atoms with Crippen LogP contribution in [0.1, 0.15) is 88.4 Å². The first-order valence-corrected chi connectivity index (χ1v) is 11.8. The molecule has 7 atom stereocenters. The summed E-state index contributed by atoms with van der Waals surface area (Å²) < 4.78 is 6.14. The summed E-state index contributed by atoms with van der Waals surface area (Å²) in [7, 11) is 0. The van der Waals surface area contributed by atoms with E-state index in [1.54, 1.807) is 0 Å². The molecule has 4 aliphatic carbocycles. The van der Waals surface area contributed by atoms with Gasteiger partial charge < -0.3 is 4.74 Å². The maximum atomic E-state index is 12.7. The molecule has 0 spiro atoms. The Labute approximate surface area is 170 Å². The number of esters is 1. The topological polar surface area (TPSA) is 26.3 Å². The molecule has 0 bridgehead atoms. The molecule has 5 rings (SSSR count). The summed E-state index contributed by atoms with van der Waals surface area (Å²) in [5, 5.41) is 0. The maximum absolute atomic E-state index is 12.7. The highest BCUT2D eigenvalue weighted by Crippen LogP contribution is 2.66. The molecule has 0 radical (unpaired) electrons. The second-order valence-electron chi connectivity index (χ2n) is 10.8. The van der Waals surface area contributed by atoms with Crippen molar-refractivity contribution >= 4 is 5.97 Å². The first kappa shape index (κ1) is 18.7. The Bertz CT molecular complexity index is 727. The Morgan fingerprint density at radius 1 is 0.857 bits per heavy atom. The van der Waals surface area contributed by atoms with E-state index in [1.165, 1.54) is 57.8 Å². The van der Waals surface area contributed by atoms with Crippen molar-refractivity contribution in [1.29, 1.82) is 0 Å². The number of ether oxygens (including phenoxy) is 1. The van der Waals surface area contributed by atoms with Crippen LogP contribution in [0.2, 0.25) is 0 Å². The van der Waals surface area contributed by atoms with E-state index in [0.29, 0.717) is 11.0 Å². The summed E-state index contributed by atoms with van der Waals surface area (Å²) >= 11 is 0. The predicted molar refractivity (Wildman–Crippen MR) is 112 cm³/mol. The van der Waals surface area contributed by atoms with Gasteiger partial charge in [0.2, 0.25) is 0 Å². The van der Waals surface area contributed by atoms with Crippen LogP contribution in [0, 0.1) is 34.5 Å². The van der Waals surface area contributed by atoms with Gasteiger partial charge in [-0.25, -0.2) is 4.79 Å². The van der Waals surface area contributed by atoms with Gasteiger partial charge >= 0.3 is 5.97 Å². The molecule has 1 aromatic rings. The van der Waals surface area contributed by atoms with Gasteiger partial charge in [-0.15, -0.1) is 0 Å². The molecule has 4 fully saturated rings. The smallest absolute Gasteiger partial charge is 0.338 e. The van der Waals surface area contributed by atoms with Crippen molar-refractivity contribution in [2.75, 3.05) is 0 Å². The van der Waals surface area contributed by atoms with Crippen LogP contribution in [0.3, 0.4) is 0 Å². The number of fused-ring (bicyclic) bond motifs is 5. The molecule has 4 aliphatic rings. The van der Waals surface area contributed by atoms with Crippen LogP contribution < -0.4 is 0 Å². The van der Waals surface area contributed by atoms with Crippen LogP contribution in [-0.4, -0.2) is 12.1 Å². The van der Waals surface area contributed by atoms with Gasteiger partial charge in [0.15, 0.2) is 0 Å². The molecule has 2 heteroatoms. The maximum Gasteiger partial charge on any atom is 0.338 e. The van der Waals surface area contributed by atoms with E-state index in [2.05, 4.69) is 13.8 Å². The van der Waals surface area contributed by atoms with E-state index < -0.39 is 0 Å². The average Bonchev–Trinajstić information content (AvgIpc) is 3.04. The van der Waals surface area contributed by atoms with Gasteiger partial charge in [0.1, 0.15) is 6.10 Å². The van der Waals surface area contributed by atoms with E-state index in [9.17, 15) is 4.79 Å². The normalized spacial score (nSPS) is 44.9. The molecule has 1 aromatic carbocycles. The van der Waals surface area contributed by atoms with Crippen molar-refractivity contribution < 1.29 is 9.53 Å². The lowest BCUT2D eigenvalue weighted by Gasteiger charge is -2.60. The second kappa shape index (κ2) is 6.89. The number of carbonyl (C=O) groups is 1. The van der Waals surface area contributed by atoms with E-state index in [4.69, 9.17) is 4.74 Å². The van der Waals surface area contributed by atoms with Gasteiger partial charge in [-0.3, -0.25) is 0 Å². The monoisotopic (exact) mass is 380 g/mol. The third-order valence-corrected chi connectivity index (χ3v) is 9.76. The van der Waals surface area contributed by atoms with E-state index in [1.807, 2.05) is 30.3 Å². The third kappa shape index (κ3) is 2.77. The van der Waals surface area contributed by atoms with Gasteiger partial charge in [-0.1, -0.05) is 44.9 Å². The fourth-order valence-corrected chi connectivity index (χ4v) is 8.21. The first-order chi connectivity index (χ1) is 13.5. The molecule has 4 saturated carbocycles. The molecule has 0 heterocycles. The lowest BCUT2D eigenvalue weighted by Crippen LogP contribution is -2.53. The Morgan fingerprint density at radius 3 is 2.46 bits per heavy atom. The standard InChI is InChI=1S/C26H36O2/c1-25-16-7-6-10-19(25)11-12-20-21-13-14-23(26(21,2)17-15-22(20)25)28-24(27)18-8-4-3-5-9-18/h3-5,8-9,19-23H,6-7,10-17H2,1-2H3/t19-,20-,21+,22-,23+,25+,26+/m1/s1. The SMILES string of the molecule is C[C@]12CCCC[C@@H]1CC[C@H]1[C@H]2CC[C@]2(C)[C@@H](OC(=O)c3ccccc3)CC[C@@H]12. The summed E-state index contributed by atoms with van der Waals surface area (Å²) in [5.74, 6) is 3.36. The molecule has 0 N–H and O–H groups in total. The molecule has 28 heavy (non-hydrogen) atoms. The van der Waals surface area contributed by atoms with Gasteiger partial charge in [-0.2, -0.15) is 0 Å². The van der Waals surface area contributed by atoms with E-state index >= 15 is 0 Å². The highest BCUT2D eigenvalue weighted by atomic mass is 16.5. The Kier molecular flexibility index (Phi) is 4.60. The highest BCUT2D eigenvalue weighted by Gasteiger charge is 2.60. The van der Waals surface area contributed by atoms with Crippen molar-refractivity contribution in [1.82, 2.24) is 0 Å². The van der Waals surface area contributed by atoms with Crippen LogP contribution in [0.25, 0.3) is 0 Å². The fourth-order valence-electron chi connectivity index (χ4n) is 8.21. The van der Waals surface area contributed by atoms with E-state index in [-0.39, 0.29) is 17.5 Å². The predicted octanol–water partition coefficient (Wildman–Crippen LogP) is 6.64. The van der Waals surface area contributed by atoms with Crippen molar-refractivity contribution in [3.8, 4) is 0 Å².